The number of hydrazine groups is 1. The molecule has 1 heterocycles. The van der Waals surface area contributed by atoms with Crippen LogP contribution in [0.3, 0.4) is 0 Å². The maximum Gasteiger partial charge on any atom is 0.0652 e. The maximum absolute atomic E-state index is 3.14. The first kappa shape index (κ1) is 7.92. The molecule has 0 saturated carbocycles. The largest absolute Gasteiger partial charge is 0.302 e. The standard InChI is InChI=1S/C11H12N2/c1-10-6-2-3-7-11(10)13-9-5-4-8-12-13/h2-9,12H,1H3. The van der Waals surface area contributed by atoms with Gasteiger partial charge in [0, 0.05) is 12.4 Å². The Hall–Kier alpha value is -1.70. The van der Waals surface area contributed by atoms with Crippen molar-refractivity contribution in [1.82, 2.24) is 5.43 Å². The van der Waals surface area contributed by atoms with Crippen molar-refractivity contribution in [2.75, 3.05) is 5.01 Å². The van der Waals surface area contributed by atoms with Gasteiger partial charge >= 0.3 is 0 Å². The van der Waals surface area contributed by atoms with Gasteiger partial charge in [-0.1, -0.05) is 18.2 Å². The predicted molar refractivity (Wildman–Crippen MR) is 55.1 cm³/mol. The van der Waals surface area contributed by atoms with Crippen LogP contribution in [0.15, 0.2) is 48.8 Å². The van der Waals surface area contributed by atoms with Crippen LogP contribution >= 0.6 is 0 Å². The van der Waals surface area contributed by atoms with E-state index in [0.717, 1.165) is 0 Å². The topological polar surface area (TPSA) is 15.3 Å². The van der Waals surface area contributed by atoms with Crippen LogP contribution in [0.1, 0.15) is 5.56 Å². The highest BCUT2D eigenvalue weighted by atomic mass is 15.5. The number of anilines is 1. The van der Waals surface area contributed by atoms with Crippen LogP contribution < -0.4 is 10.4 Å². The molecule has 2 heteroatoms. The third kappa shape index (κ3) is 1.56. The second kappa shape index (κ2) is 3.35. The van der Waals surface area contributed by atoms with E-state index in [0.29, 0.717) is 0 Å². The second-order valence-corrected chi connectivity index (χ2v) is 2.99. The number of rotatable bonds is 1. The number of benzene rings is 1. The summed E-state index contributed by atoms with van der Waals surface area (Å²) in [5.41, 5.74) is 5.58. The minimum absolute atomic E-state index is 1.18. The summed E-state index contributed by atoms with van der Waals surface area (Å²) < 4.78 is 0. The Morgan fingerprint density at radius 2 is 2.00 bits per heavy atom. The first-order valence-electron chi connectivity index (χ1n) is 4.32. The van der Waals surface area contributed by atoms with Gasteiger partial charge in [-0.3, -0.25) is 5.01 Å². The van der Waals surface area contributed by atoms with Crippen LogP contribution in [0.4, 0.5) is 5.69 Å². The lowest BCUT2D eigenvalue weighted by molar-refractivity contribution is 0.863. The number of aryl methyl sites for hydroxylation is 1. The fraction of sp³-hybridized carbons (Fsp3) is 0.0909. The summed E-state index contributed by atoms with van der Waals surface area (Å²) in [6.07, 6.45) is 7.88. The average molecular weight is 172 g/mol. The van der Waals surface area contributed by atoms with Crippen molar-refractivity contribution in [2.45, 2.75) is 6.92 Å². The lowest BCUT2D eigenvalue weighted by Crippen LogP contribution is -2.30. The van der Waals surface area contributed by atoms with Gasteiger partial charge in [0.2, 0.25) is 0 Å². The predicted octanol–water partition coefficient (Wildman–Crippen LogP) is 2.35. The molecule has 1 N–H and O–H groups in total. The molecule has 0 saturated heterocycles. The van der Waals surface area contributed by atoms with Crippen molar-refractivity contribution in [1.29, 1.82) is 0 Å². The third-order valence-electron chi connectivity index (χ3n) is 2.03. The molecule has 0 amide bonds. The van der Waals surface area contributed by atoms with Crippen LogP contribution in [0.5, 0.6) is 0 Å². The van der Waals surface area contributed by atoms with Crippen LogP contribution in [-0.4, -0.2) is 0 Å². The summed E-state index contributed by atoms with van der Waals surface area (Å²) in [7, 11) is 0. The summed E-state index contributed by atoms with van der Waals surface area (Å²) in [4.78, 5) is 0. The van der Waals surface area contributed by atoms with Crippen molar-refractivity contribution in [2.24, 2.45) is 0 Å². The highest BCUT2D eigenvalue weighted by Crippen LogP contribution is 2.18. The second-order valence-electron chi connectivity index (χ2n) is 2.99. The van der Waals surface area contributed by atoms with Crippen LogP contribution in [0.25, 0.3) is 0 Å². The van der Waals surface area contributed by atoms with Gasteiger partial charge in [0.1, 0.15) is 0 Å². The lowest BCUT2D eigenvalue weighted by Gasteiger charge is -2.23. The molecule has 0 aliphatic carbocycles. The molecule has 0 atom stereocenters. The van der Waals surface area contributed by atoms with E-state index in [1.807, 2.05) is 41.7 Å². The lowest BCUT2D eigenvalue weighted by atomic mass is 10.2. The summed E-state index contributed by atoms with van der Waals surface area (Å²) in [5.74, 6) is 0. The van der Waals surface area contributed by atoms with E-state index in [1.165, 1.54) is 11.3 Å². The summed E-state index contributed by atoms with van der Waals surface area (Å²) >= 11 is 0. The minimum Gasteiger partial charge on any atom is -0.302 e. The van der Waals surface area contributed by atoms with Crippen molar-refractivity contribution in [3.63, 3.8) is 0 Å². The molecule has 2 rings (SSSR count). The number of allylic oxidation sites excluding steroid dienone is 2. The summed E-state index contributed by atoms with van der Waals surface area (Å²) in [6.45, 7) is 2.10. The van der Waals surface area contributed by atoms with Gasteiger partial charge < -0.3 is 5.43 Å². The van der Waals surface area contributed by atoms with Crippen molar-refractivity contribution >= 4 is 5.69 Å². The van der Waals surface area contributed by atoms with Gasteiger partial charge in [0.25, 0.3) is 0 Å². The first-order chi connectivity index (χ1) is 6.38. The van der Waals surface area contributed by atoms with Gasteiger partial charge in [-0.25, -0.2) is 0 Å². The smallest absolute Gasteiger partial charge is 0.0652 e. The highest BCUT2D eigenvalue weighted by Gasteiger charge is 2.04. The molecule has 0 spiro atoms. The van der Waals surface area contributed by atoms with E-state index in [9.17, 15) is 0 Å². The molecule has 66 valence electrons. The zero-order valence-electron chi connectivity index (χ0n) is 7.57. The zero-order chi connectivity index (χ0) is 9.10. The molecule has 1 aliphatic heterocycles. The Kier molecular flexibility index (Phi) is 2.04. The number of para-hydroxylation sites is 1. The zero-order valence-corrected chi connectivity index (χ0v) is 7.57. The van der Waals surface area contributed by atoms with Gasteiger partial charge in [0.15, 0.2) is 0 Å². The number of nitrogens with zero attached hydrogens (tertiary/aromatic N) is 1. The molecular weight excluding hydrogens is 160 g/mol. The SMILES string of the molecule is Cc1ccccc1N1C=CC=CN1. The quantitative estimate of drug-likeness (QED) is 0.699. The molecule has 1 aromatic carbocycles. The molecule has 0 fully saturated rings. The van der Waals surface area contributed by atoms with Crippen LogP contribution in [0.2, 0.25) is 0 Å². The van der Waals surface area contributed by atoms with E-state index >= 15 is 0 Å². The molecule has 0 aromatic heterocycles. The molecule has 0 unspecified atom stereocenters. The Balaban J connectivity index is 2.30. The first-order valence-corrected chi connectivity index (χ1v) is 4.32. The molecule has 2 nitrogen and oxygen atoms in total. The molecule has 1 aromatic rings. The Morgan fingerprint density at radius 3 is 2.69 bits per heavy atom. The van der Waals surface area contributed by atoms with Crippen molar-refractivity contribution < 1.29 is 0 Å². The van der Waals surface area contributed by atoms with Gasteiger partial charge in [-0.15, -0.1) is 0 Å². The van der Waals surface area contributed by atoms with Gasteiger partial charge in [-0.2, -0.15) is 0 Å². The van der Waals surface area contributed by atoms with E-state index < -0.39 is 0 Å². The molecule has 0 bridgehead atoms. The van der Waals surface area contributed by atoms with Crippen molar-refractivity contribution in [3.8, 4) is 0 Å². The number of hydrogen-bond donors (Lipinski definition) is 1. The van der Waals surface area contributed by atoms with E-state index in [-0.39, 0.29) is 0 Å². The Bertz CT molecular complexity index is 353. The van der Waals surface area contributed by atoms with Crippen LogP contribution in [0, 0.1) is 6.92 Å². The fourth-order valence-electron chi connectivity index (χ4n) is 1.34. The van der Waals surface area contributed by atoms with E-state index in [1.54, 1.807) is 0 Å². The van der Waals surface area contributed by atoms with Crippen LogP contribution in [-0.2, 0) is 0 Å². The monoisotopic (exact) mass is 172 g/mol. The van der Waals surface area contributed by atoms with Gasteiger partial charge in [0.05, 0.1) is 5.69 Å². The molecule has 0 radical (unpaired) electrons. The molecular formula is C11H12N2. The minimum atomic E-state index is 1.18. The summed E-state index contributed by atoms with van der Waals surface area (Å²) in [5, 5.41) is 2.00. The van der Waals surface area contributed by atoms with E-state index in [2.05, 4.69) is 24.5 Å². The Labute approximate surface area is 78.2 Å². The average Bonchev–Trinajstić information content (AvgIpc) is 2.20. The third-order valence-corrected chi connectivity index (χ3v) is 2.03. The van der Waals surface area contributed by atoms with Crippen molar-refractivity contribution in [3.05, 3.63) is 54.4 Å². The van der Waals surface area contributed by atoms with E-state index in [4.69, 9.17) is 0 Å². The normalized spacial score (nSPS) is 14.4. The molecule has 1 aliphatic rings. The highest BCUT2D eigenvalue weighted by molar-refractivity contribution is 5.55. The number of nitrogens with one attached hydrogen (secondary N) is 1. The fourth-order valence-corrected chi connectivity index (χ4v) is 1.34. The number of hydrogen-bond acceptors (Lipinski definition) is 2. The Morgan fingerprint density at radius 1 is 1.15 bits per heavy atom. The van der Waals surface area contributed by atoms with Gasteiger partial charge in [-0.05, 0) is 30.7 Å². The summed E-state index contributed by atoms with van der Waals surface area (Å²) in [6, 6.07) is 8.27. The maximum atomic E-state index is 3.14. The molecule has 13 heavy (non-hydrogen) atoms.